The molecule has 0 saturated heterocycles. The molecular weight excluding hydrogens is 482 g/mol. The van der Waals surface area contributed by atoms with Crippen molar-refractivity contribution in [2.24, 2.45) is 0 Å². The molecule has 1 aliphatic rings. The first-order valence-corrected chi connectivity index (χ1v) is 13.5. The minimum absolute atomic E-state index is 0.125. The van der Waals surface area contributed by atoms with E-state index in [1.165, 1.54) is 53.3 Å². The SMILES string of the molecule is COc1ccc(S(=O)(=O)n2cc(CC3(Cc4ccccc4)c4ccccc4-c4ccccc43)nn2)cc1. The summed E-state index contributed by atoms with van der Waals surface area (Å²) in [6.07, 6.45) is 2.80. The van der Waals surface area contributed by atoms with E-state index in [9.17, 15) is 8.42 Å². The topological polar surface area (TPSA) is 74.1 Å². The Morgan fingerprint density at radius 1 is 0.757 bits per heavy atom. The molecule has 0 unspecified atom stereocenters. The normalized spacial score (nSPS) is 13.6. The molecule has 184 valence electrons. The standard InChI is InChI=1S/C30H25N3O3S/c1-36-24-15-17-25(18-16-24)37(34,35)33-21-23(31-32-33)20-30(19-22-9-3-2-4-10-22)28-13-7-5-11-26(28)27-12-6-8-14-29(27)30/h2-18,21H,19-20H2,1H3. The van der Waals surface area contributed by atoms with Crippen LogP contribution in [0.4, 0.5) is 0 Å². The lowest BCUT2D eigenvalue weighted by Gasteiger charge is -2.32. The highest BCUT2D eigenvalue weighted by atomic mass is 32.2. The summed E-state index contributed by atoms with van der Waals surface area (Å²) < 4.78 is 32.7. The van der Waals surface area contributed by atoms with E-state index < -0.39 is 15.4 Å². The van der Waals surface area contributed by atoms with Crippen molar-refractivity contribution in [3.05, 3.63) is 132 Å². The van der Waals surface area contributed by atoms with Crippen LogP contribution in [0.2, 0.25) is 0 Å². The first-order chi connectivity index (χ1) is 18.0. The smallest absolute Gasteiger partial charge is 0.284 e. The van der Waals surface area contributed by atoms with Gasteiger partial charge in [0.15, 0.2) is 0 Å². The van der Waals surface area contributed by atoms with Crippen LogP contribution in [-0.4, -0.2) is 29.9 Å². The van der Waals surface area contributed by atoms with Crippen molar-refractivity contribution in [2.45, 2.75) is 23.2 Å². The second kappa shape index (κ2) is 9.01. The van der Waals surface area contributed by atoms with Gasteiger partial charge >= 0.3 is 0 Å². The molecule has 0 saturated carbocycles. The van der Waals surface area contributed by atoms with Crippen LogP contribution in [0.5, 0.6) is 5.75 Å². The van der Waals surface area contributed by atoms with E-state index >= 15 is 0 Å². The number of ether oxygens (including phenoxy) is 1. The number of aromatic nitrogens is 3. The second-order valence-electron chi connectivity index (χ2n) is 9.28. The van der Waals surface area contributed by atoms with Crippen LogP contribution in [0.3, 0.4) is 0 Å². The van der Waals surface area contributed by atoms with Crippen molar-refractivity contribution >= 4 is 10.0 Å². The third-order valence-corrected chi connectivity index (χ3v) is 8.67. The van der Waals surface area contributed by atoms with Gasteiger partial charge in [-0.15, -0.1) is 9.19 Å². The molecule has 0 N–H and O–H groups in total. The Morgan fingerprint density at radius 2 is 1.35 bits per heavy atom. The molecule has 0 amide bonds. The molecule has 0 aliphatic heterocycles. The van der Waals surface area contributed by atoms with Gasteiger partial charge in [0.2, 0.25) is 0 Å². The number of methoxy groups -OCH3 is 1. The summed E-state index contributed by atoms with van der Waals surface area (Å²) >= 11 is 0. The number of nitrogens with zero attached hydrogens (tertiary/aromatic N) is 3. The Balaban J connectivity index is 1.44. The number of hydrogen-bond donors (Lipinski definition) is 0. The van der Waals surface area contributed by atoms with Crippen LogP contribution < -0.4 is 4.74 Å². The molecule has 0 fully saturated rings. The fourth-order valence-electron chi connectivity index (χ4n) is 5.45. The molecule has 1 heterocycles. The third kappa shape index (κ3) is 3.92. The third-order valence-electron chi connectivity index (χ3n) is 7.13. The molecule has 37 heavy (non-hydrogen) atoms. The van der Waals surface area contributed by atoms with E-state index in [-0.39, 0.29) is 4.90 Å². The zero-order valence-electron chi connectivity index (χ0n) is 20.3. The Bertz CT molecular complexity index is 1630. The molecule has 0 atom stereocenters. The van der Waals surface area contributed by atoms with Gasteiger partial charge in [0.05, 0.1) is 23.9 Å². The van der Waals surface area contributed by atoms with Crippen molar-refractivity contribution < 1.29 is 13.2 Å². The van der Waals surface area contributed by atoms with E-state index in [1.54, 1.807) is 12.1 Å². The van der Waals surface area contributed by atoms with Crippen LogP contribution in [0.25, 0.3) is 11.1 Å². The summed E-state index contributed by atoms with van der Waals surface area (Å²) in [5, 5.41) is 8.39. The Kier molecular flexibility index (Phi) is 5.65. The van der Waals surface area contributed by atoms with Crippen molar-refractivity contribution in [3.8, 4) is 16.9 Å². The van der Waals surface area contributed by atoms with Gasteiger partial charge in [-0.2, -0.15) is 8.42 Å². The van der Waals surface area contributed by atoms with Gasteiger partial charge < -0.3 is 4.74 Å². The van der Waals surface area contributed by atoms with Crippen LogP contribution in [0.15, 0.2) is 114 Å². The summed E-state index contributed by atoms with van der Waals surface area (Å²) in [4.78, 5) is 0.125. The number of fused-ring (bicyclic) bond motifs is 3. The maximum absolute atomic E-state index is 13.3. The van der Waals surface area contributed by atoms with Crippen LogP contribution in [0.1, 0.15) is 22.4 Å². The van der Waals surface area contributed by atoms with E-state index in [4.69, 9.17) is 4.74 Å². The maximum atomic E-state index is 13.3. The van der Waals surface area contributed by atoms with Gasteiger partial charge in [-0.1, -0.05) is 84.1 Å². The molecule has 4 aromatic carbocycles. The molecular formula is C30H25N3O3S. The highest BCUT2D eigenvalue weighted by molar-refractivity contribution is 7.89. The van der Waals surface area contributed by atoms with Crippen molar-refractivity contribution in [1.29, 1.82) is 0 Å². The van der Waals surface area contributed by atoms with Gasteiger partial charge in [-0.3, -0.25) is 0 Å². The van der Waals surface area contributed by atoms with Gasteiger partial charge in [0.25, 0.3) is 10.0 Å². The summed E-state index contributed by atoms with van der Waals surface area (Å²) in [5.74, 6) is 0.583. The number of benzene rings is 4. The monoisotopic (exact) mass is 507 g/mol. The molecule has 5 aromatic rings. The zero-order chi connectivity index (χ0) is 25.5. The molecule has 0 radical (unpaired) electrons. The average molecular weight is 508 g/mol. The first-order valence-electron chi connectivity index (χ1n) is 12.1. The predicted octanol–water partition coefficient (Wildman–Crippen LogP) is 5.28. The molecule has 0 spiro atoms. The summed E-state index contributed by atoms with van der Waals surface area (Å²) in [7, 11) is -2.35. The van der Waals surface area contributed by atoms with Crippen molar-refractivity contribution in [3.63, 3.8) is 0 Å². The average Bonchev–Trinajstić information content (AvgIpc) is 3.52. The van der Waals surface area contributed by atoms with E-state index in [1.807, 2.05) is 18.2 Å². The molecule has 1 aliphatic carbocycles. The predicted molar refractivity (Wildman–Crippen MR) is 142 cm³/mol. The summed E-state index contributed by atoms with van der Waals surface area (Å²) in [6.45, 7) is 0. The quantitative estimate of drug-likeness (QED) is 0.300. The Morgan fingerprint density at radius 3 is 1.97 bits per heavy atom. The van der Waals surface area contributed by atoms with Crippen molar-refractivity contribution in [1.82, 2.24) is 14.4 Å². The largest absolute Gasteiger partial charge is 0.497 e. The van der Waals surface area contributed by atoms with Crippen LogP contribution >= 0.6 is 0 Å². The second-order valence-corrected chi connectivity index (χ2v) is 11.1. The minimum Gasteiger partial charge on any atom is -0.497 e. The molecule has 0 bridgehead atoms. The number of hydrogen-bond acceptors (Lipinski definition) is 5. The number of rotatable bonds is 7. The fraction of sp³-hybridized carbons (Fsp3) is 0.133. The maximum Gasteiger partial charge on any atom is 0.284 e. The Hall–Kier alpha value is -4.23. The van der Waals surface area contributed by atoms with Gasteiger partial charge in [0.1, 0.15) is 5.75 Å². The lowest BCUT2D eigenvalue weighted by Crippen LogP contribution is -2.31. The van der Waals surface area contributed by atoms with E-state index in [0.29, 0.717) is 17.9 Å². The van der Waals surface area contributed by atoms with Crippen LogP contribution in [0, 0.1) is 0 Å². The van der Waals surface area contributed by atoms with Crippen LogP contribution in [-0.2, 0) is 28.3 Å². The highest BCUT2D eigenvalue weighted by Gasteiger charge is 2.43. The van der Waals surface area contributed by atoms with Gasteiger partial charge in [0, 0.05) is 11.8 Å². The van der Waals surface area contributed by atoms with E-state index in [0.717, 1.165) is 10.5 Å². The lowest BCUT2D eigenvalue weighted by atomic mass is 9.70. The Labute approximate surface area is 216 Å². The zero-order valence-corrected chi connectivity index (χ0v) is 21.1. The molecule has 6 nitrogen and oxygen atoms in total. The first kappa shape index (κ1) is 23.2. The molecule has 6 rings (SSSR count). The van der Waals surface area contributed by atoms with Gasteiger partial charge in [-0.05, 0) is 58.5 Å². The minimum atomic E-state index is -3.89. The fourth-order valence-corrected chi connectivity index (χ4v) is 6.54. The highest BCUT2D eigenvalue weighted by Crippen LogP contribution is 2.52. The summed E-state index contributed by atoms with van der Waals surface area (Å²) in [6, 6.07) is 33.6. The van der Waals surface area contributed by atoms with E-state index in [2.05, 4.69) is 71.0 Å². The molecule has 1 aromatic heterocycles. The van der Waals surface area contributed by atoms with Gasteiger partial charge in [-0.25, -0.2) is 0 Å². The lowest BCUT2D eigenvalue weighted by molar-refractivity contribution is 0.414. The molecule has 7 heteroatoms. The van der Waals surface area contributed by atoms with Crippen molar-refractivity contribution in [2.75, 3.05) is 7.11 Å². The summed E-state index contributed by atoms with van der Waals surface area (Å²) in [5.41, 5.74) is 6.23.